The molecule has 0 radical (unpaired) electrons. The van der Waals surface area contributed by atoms with E-state index in [4.69, 9.17) is 21.1 Å². The molecule has 0 fully saturated rings. The van der Waals surface area contributed by atoms with Crippen LogP contribution < -0.4 is 14.8 Å². The zero-order chi connectivity index (χ0) is 20.1. The predicted molar refractivity (Wildman–Crippen MR) is 108 cm³/mol. The van der Waals surface area contributed by atoms with Crippen molar-refractivity contribution >= 4 is 17.5 Å². The summed E-state index contributed by atoms with van der Waals surface area (Å²) in [7, 11) is 3.48. The molecule has 7 heteroatoms. The second kappa shape index (κ2) is 8.80. The number of methoxy groups -OCH3 is 1. The van der Waals surface area contributed by atoms with Gasteiger partial charge in [0.1, 0.15) is 23.4 Å². The van der Waals surface area contributed by atoms with Crippen molar-refractivity contribution in [3.05, 3.63) is 77.3 Å². The van der Waals surface area contributed by atoms with Gasteiger partial charge in [-0.25, -0.2) is 4.98 Å². The Morgan fingerprint density at radius 2 is 1.89 bits per heavy atom. The monoisotopic (exact) mass is 399 g/mol. The molecule has 0 spiro atoms. The molecule has 0 aliphatic carbocycles. The quantitative estimate of drug-likeness (QED) is 0.657. The SMILES string of the molecule is COc1ccccc1[C@@H](NC(=O)[C@@H](C)Oc1ccc(Cl)cc1)c1nccn1C. The summed E-state index contributed by atoms with van der Waals surface area (Å²) in [5, 5.41) is 3.64. The maximum atomic E-state index is 12.9. The van der Waals surface area contributed by atoms with Gasteiger partial charge in [-0.3, -0.25) is 4.79 Å². The lowest BCUT2D eigenvalue weighted by molar-refractivity contribution is -0.127. The number of aromatic nitrogens is 2. The number of amides is 1. The zero-order valence-electron chi connectivity index (χ0n) is 15.9. The van der Waals surface area contributed by atoms with E-state index in [0.29, 0.717) is 22.3 Å². The molecule has 28 heavy (non-hydrogen) atoms. The fourth-order valence-electron chi connectivity index (χ4n) is 2.87. The summed E-state index contributed by atoms with van der Waals surface area (Å²) in [4.78, 5) is 17.3. The molecule has 2 atom stereocenters. The second-order valence-electron chi connectivity index (χ2n) is 6.29. The maximum Gasteiger partial charge on any atom is 0.261 e. The Balaban J connectivity index is 1.84. The van der Waals surface area contributed by atoms with Crippen LogP contribution in [0.5, 0.6) is 11.5 Å². The Hall–Kier alpha value is -2.99. The highest BCUT2D eigenvalue weighted by molar-refractivity contribution is 6.30. The number of para-hydroxylation sites is 1. The van der Waals surface area contributed by atoms with Crippen molar-refractivity contribution in [2.75, 3.05) is 7.11 Å². The van der Waals surface area contributed by atoms with E-state index in [2.05, 4.69) is 10.3 Å². The van der Waals surface area contributed by atoms with Gasteiger partial charge in [0.15, 0.2) is 6.10 Å². The van der Waals surface area contributed by atoms with Crippen LogP contribution in [0.2, 0.25) is 5.02 Å². The average molecular weight is 400 g/mol. The first kappa shape index (κ1) is 19.8. The van der Waals surface area contributed by atoms with E-state index in [0.717, 1.165) is 5.56 Å². The first-order valence-corrected chi connectivity index (χ1v) is 9.20. The molecule has 1 heterocycles. The number of aryl methyl sites for hydroxylation is 1. The Morgan fingerprint density at radius 3 is 2.54 bits per heavy atom. The van der Waals surface area contributed by atoms with Gasteiger partial charge in [-0.2, -0.15) is 0 Å². The third-order valence-corrected chi connectivity index (χ3v) is 4.60. The number of halogens is 1. The van der Waals surface area contributed by atoms with E-state index >= 15 is 0 Å². The molecule has 1 amide bonds. The van der Waals surface area contributed by atoms with Gasteiger partial charge in [-0.05, 0) is 37.3 Å². The first-order chi connectivity index (χ1) is 13.5. The van der Waals surface area contributed by atoms with Crippen LogP contribution in [0.25, 0.3) is 0 Å². The summed E-state index contributed by atoms with van der Waals surface area (Å²) in [6.07, 6.45) is 2.81. The van der Waals surface area contributed by atoms with Gasteiger partial charge < -0.3 is 19.4 Å². The lowest BCUT2D eigenvalue weighted by atomic mass is 10.0. The van der Waals surface area contributed by atoms with Crippen molar-refractivity contribution in [3.63, 3.8) is 0 Å². The van der Waals surface area contributed by atoms with Crippen molar-refractivity contribution in [2.45, 2.75) is 19.1 Å². The number of carbonyl (C=O) groups is 1. The molecule has 3 rings (SSSR count). The number of benzene rings is 2. The van der Waals surface area contributed by atoms with Gasteiger partial charge in [0.2, 0.25) is 0 Å². The smallest absolute Gasteiger partial charge is 0.261 e. The molecule has 0 unspecified atom stereocenters. The van der Waals surface area contributed by atoms with Crippen LogP contribution >= 0.6 is 11.6 Å². The Morgan fingerprint density at radius 1 is 1.18 bits per heavy atom. The molecule has 146 valence electrons. The van der Waals surface area contributed by atoms with Crippen molar-refractivity contribution in [2.24, 2.45) is 7.05 Å². The Bertz CT molecular complexity index is 940. The molecule has 0 aliphatic heterocycles. The van der Waals surface area contributed by atoms with Crippen molar-refractivity contribution < 1.29 is 14.3 Å². The lowest BCUT2D eigenvalue weighted by Crippen LogP contribution is -2.40. The number of ether oxygens (including phenoxy) is 2. The van der Waals surface area contributed by atoms with Crippen molar-refractivity contribution in [3.8, 4) is 11.5 Å². The van der Waals surface area contributed by atoms with Crippen LogP contribution in [0.4, 0.5) is 0 Å². The summed E-state index contributed by atoms with van der Waals surface area (Å²) < 4.78 is 13.1. The largest absolute Gasteiger partial charge is 0.496 e. The van der Waals surface area contributed by atoms with E-state index in [-0.39, 0.29) is 5.91 Å². The van der Waals surface area contributed by atoms with Gasteiger partial charge in [0, 0.05) is 30.0 Å². The van der Waals surface area contributed by atoms with Crippen LogP contribution in [-0.4, -0.2) is 28.7 Å². The van der Waals surface area contributed by atoms with Crippen molar-refractivity contribution in [1.29, 1.82) is 0 Å². The standard InChI is InChI=1S/C21H22ClN3O3/c1-14(28-16-10-8-15(22)9-11-16)21(26)24-19(20-23-12-13-25(20)2)17-6-4-5-7-18(17)27-3/h4-14,19H,1-3H3,(H,24,26)/t14-,19-/m1/s1. The molecule has 0 aliphatic rings. The van der Waals surface area contributed by atoms with E-state index in [1.165, 1.54) is 0 Å². The van der Waals surface area contributed by atoms with E-state index in [1.54, 1.807) is 44.5 Å². The topological polar surface area (TPSA) is 65.4 Å². The minimum Gasteiger partial charge on any atom is -0.496 e. The summed E-state index contributed by atoms with van der Waals surface area (Å²) in [5.74, 6) is 1.66. The normalized spacial score (nSPS) is 12.9. The van der Waals surface area contributed by atoms with Crippen LogP contribution in [0.15, 0.2) is 60.9 Å². The number of nitrogens with zero attached hydrogens (tertiary/aromatic N) is 2. The van der Waals surface area contributed by atoms with E-state index in [9.17, 15) is 4.79 Å². The molecular formula is C21H22ClN3O3. The van der Waals surface area contributed by atoms with Gasteiger partial charge >= 0.3 is 0 Å². The minimum absolute atomic E-state index is 0.270. The highest BCUT2D eigenvalue weighted by atomic mass is 35.5. The summed E-state index contributed by atoms with van der Waals surface area (Å²) in [6, 6.07) is 13.9. The van der Waals surface area contributed by atoms with Crippen LogP contribution in [0.1, 0.15) is 24.4 Å². The van der Waals surface area contributed by atoms with Crippen molar-refractivity contribution in [1.82, 2.24) is 14.9 Å². The first-order valence-electron chi connectivity index (χ1n) is 8.82. The Kier molecular flexibility index (Phi) is 6.21. The maximum absolute atomic E-state index is 12.9. The van der Waals surface area contributed by atoms with Gasteiger partial charge in [0.05, 0.1) is 7.11 Å². The third-order valence-electron chi connectivity index (χ3n) is 4.35. The molecule has 0 bridgehead atoms. The molecule has 6 nitrogen and oxygen atoms in total. The van der Waals surface area contributed by atoms with E-state index in [1.807, 2.05) is 42.1 Å². The third kappa shape index (κ3) is 4.46. The van der Waals surface area contributed by atoms with Crippen LogP contribution in [-0.2, 0) is 11.8 Å². The Labute approximate surface area is 169 Å². The van der Waals surface area contributed by atoms with Gasteiger partial charge in [-0.1, -0.05) is 29.8 Å². The van der Waals surface area contributed by atoms with E-state index < -0.39 is 12.1 Å². The molecule has 1 aromatic heterocycles. The number of hydrogen-bond acceptors (Lipinski definition) is 4. The highest BCUT2D eigenvalue weighted by Gasteiger charge is 2.26. The average Bonchev–Trinajstić information content (AvgIpc) is 3.13. The number of hydrogen-bond donors (Lipinski definition) is 1. The van der Waals surface area contributed by atoms with Crippen LogP contribution in [0, 0.1) is 0 Å². The molecule has 1 N–H and O–H groups in total. The number of rotatable bonds is 7. The van der Waals surface area contributed by atoms with Gasteiger partial charge in [-0.15, -0.1) is 0 Å². The predicted octanol–water partition coefficient (Wildman–Crippen LogP) is 3.76. The molecule has 0 saturated carbocycles. The number of nitrogens with one attached hydrogen (secondary N) is 1. The second-order valence-corrected chi connectivity index (χ2v) is 6.73. The van der Waals surface area contributed by atoms with Crippen LogP contribution in [0.3, 0.4) is 0 Å². The summed E-state index contributed by atoms with van der Waals surface area (Å²) in [6.45, 7) is 1.70. The highest BCUT2D eigenvalue weighted by Crippen LogP contribution is 2.29. The van der Waals surface area contributed by atoms with Gasteiger partial charge in [0.25, 0.3) is 5.91 Å². The molecule has 2 aromatic carbocycles. The summed E-state index contributed by atoms with van der Waals surface area (Å²) in [5.41, 5.74) is 0.811. The summed E-state index contributed by atoms with van der Waals surface area (Å²) >= 11 is 5.89. The molecular weight excluding hydrogens is 378 g/mol. The fourth-order valence-corrected chi connectivity index (χ4v) is 3.00. The lowest BCUT2D eigenvalue weighted by Gasteiger charge is -2.23. The molecule has 0 saturated heterocycles. The zero-order valence-corrected chi connectivity index (χ0v) is 16.7. The minimum atomic E-state index is -0.710. The fraction of sp³-hybridized carbons (Fsp3) is 0.238. The number of carbonyl (C=O) groups excluding carboxylic acids is 1. The molecule has 3 aromatic rings. The number of imidazole rings is 1.